The molecule has 3 heteroatoms. The number of carboxylic acid groups (broad SMARTS) is 1. The van der Waals surface area contributed by atoms with Crippen LogP contribution in [0, 0.1) is 12.3 Å². The molecule has 3 nitrogen and oxygen atoms in total. The number of aryl methyl sites for hydroxylation is 1. The zero-order valence-corrected chi connectivity index (χ0v) is 12.7. The SMILES string of the molecule is Cc1cc(C(C)(C)CC(C)(C)C)cc(C(=O)O)c1O. The monoisotopic (exact) mass is 264 g/mol. The summed E-state index contributed by atoms with van der Waals surface area (Å²) in [4.78, 5) is 11.2. The van der Waals surface area contributed by atoms with Crippen LogP contribution in [-0.4, -0.2) is 16.2 Å². The third-order valence-electron chi connectivity index (χ3n) is 3.28. The van der Waals surface area contributed by atoms with Gasteiger partial charge in [-0.15, -0.1) is 0 Å². The second-order valence-corrected chi connectivity index (χ2v) is 7.12. The molecule has 0 spiro atoms. The van der Waals surface area contributed by atoms with E-state index in [-0.39, 0.29) is 22.1 Å². The fourth-order valence-corrected chi connectivity index (χ4v) is 2.76. The number of hydrogen-bond donors (Lipinski definition) is 2. The Balaban J connectivity index is 3.32. The molecule has 0 saturated carbocycles. The van der Waals surface area contributed by atoms with E-state index >= 15 is 0 Å². The Morgan fingerprint density at radius 1 is 1.16 bits per heavy atom. The fraction of sp³-hybridized carbons (Fsp3) is 0.562. The van der Waals surface area contributed by atoms with E-state index in [1.807, 2.05) is 6.07 Å². The molecule has 0 aliphatic heterocycles. The molecule has 19 heavy (non-hydrogen) atoms. The van der Waals surface area contributed by atoms with Crippen LogP contribution in [0.1, 0.15) is 62.5 Å². The van der Waals surface area contributed by atoms with Gasteiger partial charge in [0, 0.05) is 0 Å². The lowest BCUT2D eigenvalue weighted by Gasteiger charge is -2.33. The fourth-order valence-electron chi connectivity index (χ4n) is 2.76. The lowest BCUT2D eigenvalue weighted by molar-refractivity contribution is 0.0693. The predicted molar refractivity (Wildman–Crippen MR) is 76.9 cm³/mol. The molecule has 1 rings (SSSR count). The predicted octanol–water partition coefficient (Wildman–Crippen LogP) is 4.11. The number of aromatic carboxylic acids is 1. The molecule has 2 N–H and O–H groups in total. The molecule has 0 unspecified atom stereocenters. The van der Waals surface area contributed by atoms with Crippen LogP contribution in [0.2, 0.25) is 0 Å². The molecule has 0 amide bonds. The van der Waals surface area contributed by atoms with Crippen molar-refractivity contribution in [1.82, 2.24) is 0 Å². The van der Waals surface area contributed by atoms with Crippen LogP contribution in [0.3, 0.4) is 0 Å². The lowest BCUT2D eigenvalue weighted by atomic mass is 9.72. The van der Waals surface area contributed by atoms with Gasteiger partial charge in [0.2, 0.25) is 0 Å². The van der Waals surface area contributed by atoms with Gasteiger partial charge < -0.3 is 10.2 Å². The van der Waals surface area contributed by atoms with Gasteiger partial charge >= 0.3 is 5.97 Å². The highest BCUT2D eigenvalue weighted by molar-refractivity contribution is 5.91. The summed E-state index contributed by atoms with van der Waals surface area (Å²) in [5, 5.41) is 19.0. The molecule has 1 aromatic carbocycles. The molecule has 0 aliphatic rings. The first-order valence-electron chi connectivity index (χ1n) is 6.51. The molecule has 0 radical (unpaired) electrons. The minimum Gasteiger partial charge on any atom is -0.507 e. The van der Waals surface area contributed by atoms with Crippen molar-refractivity contribution in [2.45, 2.75) is 53.4 Å². The molecular weight excluding hydrogens is 240 g/mol. The zero-order valence-electron chi connectivity index (χ0n) is 12.7. The molecule has 0 bridgehead atoms. The largest absolute Gasteiger partial charge is 0.507 e. The van der Waals surface area contributed by atoms with E-state index in [0.29, 0.717) is 5.56 Å². The first-order valence-corrected chi connectivity index (χ1v) is 6.51. The van der Waals surface area contributed by atoms with Crippen LogP contribution in [0.25, 0.3) is 0 Å². The van der Waals surface area contributed by atoms with E-state index in [0.717, 1.165) is 12.0 Å². The van der Waals surface area contributed by atoms with Gasteiger partial charge in [0.05, 0.1) is 0 Å². The Morgan fingerprint density at radius 3 is 2.11 bits per heavy atom. The maximum atomic E-state index is 11.2. The number of aromatic hydroxyl groups is 1. The van der Waals surface area contributed by atoms with Crippen LogP contribution in [-0.2, 0) is 5.41 Å². The van der Waals surface area contributed by atoms with Crippen molar-refractivity contribution in [2.75, 3.05) is 0 Å². The highest BCUT2D eigenvalue weighted by Crippen LogP contribution is 2.38. The Hall–Kier alpha value is -1.51. The first kappa shape index (κ1) is 15.5. The molecule has 0 atom stereocenters. The maximum absolute atomic E-state index is 11.2. The highest BCUT2D eigenvalue weighted by Gasteiger charge is 2.29. The second-order valence-electron chi connectivity index (χ2n) is 7.12. The maximum Gasteiger partial charge on any atom is 0.339 e. The van der Waals surface area contributed by atoms with E-state index in [1.54, 1.807) is 13.0 Å². The minimum absolute atomic E-state index is 0.0167. The Morgan fingerprint density at radius 2 is 1.68 bits per heavy atom. The van der Waals surface area contributed by atoms with Crippen LogP contribution >= 0.6 is 0 Å². The third-order valence-corrected chi connectivity index (χ3v) is 3.28. The summed E-state index contributed by atoms with van der Waals surface area (Å²) in [6.07, 6.45) is 0.934. The number of phenols is 1. The molecular formula is C16H24O3. The van der Waals surface area contributed by atoms with Gasteiger partial charge in [-0.05, 0) is 41.4 Å². The van der Waals surface area contributed by atoms with Crippen molar-refractivity contribution >= 4 is 5.97 Å². The Bertz CT molecular complexity index is 493. The van der Waals surface area contributed by atoms with Gasteiger partial charge in [-0.25, -0.2) is 4.79 Å². The van der Waals surface area contributed by atoms with Gasteiger partial charge in [0.1, 0.15) is 11.3 Å². The molecule has 106 valence electrons. The molecule has 0 heterocycles. The summed E-state index contributed by atoms with van der Waals surface area (Å²) < 4.78 is 0. The van der Waals surface area contributed by atoms with Gasteiger partial charge in [0.25, 0.3) is 0 Å². The first-order chi connectivity index (χ1) is 8.44. The second kappa shape index (κ2) is 4.87. The van der Waals surface area contributed by atoms with E-state index in [4.69, 9.17) is 5.11 Å². The molecule has 1 aromatic rings. The van der Waals surface area contributed by atoms with Crippen LogP contribution in [0.15, 0.2) is 12.1 Å². The summed E-state index contributed by atoms with van der Waals surface area (Å²) in [6.45, 7) is 12.4. The Kier molecular flexibility index (Phi) is 3.99. The number of rotatable bonds is 3. The summed E-state index contributed by atoms with van der Waals surface area (Å²) in [5.41, 5.74) is 1.56. The average molecular weight is 264 g/mol. The van der Waals surface area contributed by atoms with E-state index in [9.17, 15) is 9.90 Å². The highest BCUT2D eigenvalue weighted by atomic mass is 16.4. The third kappa shape index (κ3) is 3.72. The van der Waals surface area contributed by atoms with Crippen molar-refractivity contribution < 1.29 is 15.0 Å². The van der Waals surface area contributed by atoms with E-state index < -0.39 is 5.97 Å². The zero-order chi connectivity index (χ0) is 15.0. The quantitative estimate of drug-likeness (QED) is 0.863. The number of carbonyl (C=O) groups is 1. The van der Waals surface area contributed by atoms with Crippen molar-refractivity contribution in [3.05, 3.63) is 28.8 Å². The lowest BCUT2D eigenvalue weighted by Crippen LogP contribution is -2.25. The number of hydrogen-bond acceptors (Lipinski definition) is 2. The normalized spacial score (nSPS) is 12.5. The molecule has 0 fully saturated rings. The van der Waals surface area contributed by atoms with Crippen molar-refractivity contribution in [3.63, 3.8) is 0 Å². The van der Waals surface area contributed by atoms with Gasteiger partial charge in [0.15, 0.2) is 0 Å². The average Bonchev–Trinajstić information content (AvgIpc) is 2.17. The van der Waals surface area contributed by atoms with Crippen LogP contribution in [0.4, 0.5) is 0 Å². The van der Waals surface area contributed by atoms with E-state index in [1.165, 1.54) is 0 Å². The Labute approximate surface area is 115 Å². The molecule has 0 aliphatic carbocycles. The van der Waals surface area contributed by atoms with Crippen molar-refractivity contribution in [3.8, 4) is 5.75 Å². The van der Waals surface area contributed by atoms with E-state index in [2.05, 4.69) is 34.6 Å². The molecule has 0 aromatic heterocycles. The van der Waals surface area contributed by atoms with Gasteiger partial charge in [-0.3, -0.25) is 0 Å². The topological polar surface area (TPSA) is 57.5 Å². The van der Waals surface area contributed by atoms with Crippen LogP contribution in [0.5, 0.6) is 5.75 Å². The minimum atomic E-state index is -1.09. The smallest absolute Gasteiger partial charge is 0.339 e. The summed E-state index contributed by atoms with van der Waals surface area (Å²) in [5.74, 6) is -1.23. The summed E-state index contributed by atoms with van der Waals surface area (Å²) in [7, 11) is 0. The van der Waals surface area contributed by atoms with Crippen molar-refractivity contribution in [1.29, 1.82) is 0 Å². The number of benzene rings is 1. The van der Waals surface area contributed by atoms with Gasteiger partial charge in [-0.1, -0.05) is 40.7 Å². The molecule has 0 saturated heterocycles. The van der Waals surface area contributed by atoms with Gasteiger partial charge in [-0.2, -0.15) is 0 Å². The number of carboxylic acids is 1. The summed E-state index contributed by atoms with van der Waals surface area (Å²) >= 11 is 0. The summed E-state index contributed by atoms with van der Waals surface area (Å²) in [6, 6.07) is 3.48. The van der Waals surface area contributed by atoms with Crippen molar-refractivity contribution in [2.24, 2.45) is 5.41 Å². The van der Waals surface area contributed by atoms with Crippen LogP contribution < -0.4 is 0 Å². The standard InChI is InChI=1S/C16H24O3/c1-10-7-11(8-12(13(10)17)14(18)19)16(5,6)9-15(2,3)4/h7-8,17H,9H2,1-6H3,(H,18,19).